The fourth-order valence-electron chi connectivity index (χ4n) is 1.76. The van der Waals surface area contributed by atoms with Crippen molar-refractivity contribution in [1.82, 2.24) is 9.30 Å². The van der Waals surface area contributed by atoms with Gasteiger partial charge in [0, 0.05) is 18.9 Å². The van der Waals surface area contributed by atoms with E-state index in [9.17, 15) is 5.11 Å². The molecule has 0 bridgehead atoms. The Kier molecular flexibility index (Phi) is 2.64. The van der Waals surface area contributed by atoms with E-state index in [1.54, 1.807) is 6.07 Å². The highest BCUT2D eigenvalue weighted by Gasteiger charge is 2.06. The Hall–Kier alpha value is -1.48. The van der Waals surface area contributed by atoms with Crippen LogP contribution in [0.5, 0.6) is 5.75 Å². The lowest BCUT2D eigenvalue weighted by atomic mass is 10.2. The summed E-state index contributed by atoms with van der Waals surface area (Å²) < 4.78 is 1.96. The molecule has 2 aromatic heterocycles. The second-order valence-corrected chi connectivity index (χ2v) is 4.04. The van der Waals surface area contributed by atoms with Crippen LogP contribution in [0, 0.1) is 0 Å². The maximum absolute atomic E-state index is 9.77. The van der Waals surface area contributed by atoms with Crippen LogP contribution in [0.2, 0.25) is 0 Å². The molecule has 0 saturated carbocycles. The molecule has 0 amide bonds. The van der Waals surface area contributed by atoms with Crippen molar-refractivity contribution in [3.63, 3.8) is 0 Å². The number of hydrogen-bond donors (Lipinski definition) is 1. The Morgan fingerprint density at radius 1 is 1.27 bits per heavy atom. The van der Waals surface area contributed by atoms with Gasteiger partial charge in [0.15, 0.2) is 0 Å². The molecule has 1 N–H and O–H groups in total. The first-order valence-corrected chi connectivity index (χ1v) is 5.11. The van der Waals surface area contributed by atoms with Crippen molar-refractivity contribution in [2.75, 3.05) is 20.6 Å². The van der Waals surface area contributed by atoms with Gasteiger partial charge in [0.2, 0.25) is 0 Å². The van der Waals surface area contributed by atoms with Gasteiger partial charge >= 0.3 is 0 Å². The Morgan fingerprint density at radius 3 is 2.80 bits per heavy atom. The molecular formula is C12H16N2O. The van der Waals surface area contributed by atoms with Crippen LogP contribution in [-0.4, -0.2) is 35.0 Å². The van der Waals surface area contributed by atoms with E-state index in [-0.39, 0.29) is 0 Å². The molecule has 2 aromatic rings. The Bertz CT molecular complexity index is 460. The quantitative estimate of drug-likeness (QED) is 0.825. The zero-order valence-electron chi connectivity index (χ0n) is 9.14. The van der Waals surface area contributed by atoms with Gasteiger partial charge < -0.3 is 14.4 Å². The van der Waals surface area contributed by atoms with Crippen LogP contribution in [0.25, 0.3) is 5.52 Å². The summed E-state index contributed by atoms with van der Waals surface area (Å²) in [6, 6.07) is 5.64. The van der Waals surface area contributed by atoms with E-state index in [1.165, 1.54) is 5.56 Å². The molecule has 2 heterocycles. The normalized spacial score (nSPS) is 11.4. The molecule has 0 aliphatic rings. The Labute approximate surface area is 89.6 Å². The minimum atomic E-state index is 0.358. The number of hydrogen-bond acceptors (Lipinski definition) is 2. The third-order valence-electron chi connectivity index (χ3n) is 2.57. The molecule has 0 spiro atoms. The molecule has 15 heavy (non-hydrogen) atoms. The zero-order valence-corrected chi connectivity index (χ0v) is 9.14. The Balaban J connectivity index is 2.35. The van der Waals surface area contributed by atoms with Crippen molar-refractivity contribution in [3.8, 4) is 5.75 Å². The van der Waals surface area contributed by atoms with Crippen molar-refractivity contribution >= 4 is 5.52 Å². The molecule has 0 atom stereocenters. The van der Waals surface area contributed by atoms with Crippen molar-refractivity contribution in [2.24, 2.45) is 0 Å². The Morgan fingerprint density at radius 2 is 2.07 bits per heavy atom. The molecule has 3 nitrogen and oxygen atoms in total. The lowest BCUT2D eigenvalue weighted by molar-refractivity contribution is 0.414. The van der Waals surface area contributed by atoms with Gasteiger partial charge in [-0.05, 0) is 44.3 Å². The summed E-state index contributed by atoms with van der Waals surface area (Å²) in [7, 11) is 4.11. The molecular weight excluding hydrogens is 188 g/mol. The van der Waals surface area contributed by atoms with Gasteiger partial charge in [0.1, 0.15) is 5.75 Å². The van der Waals surface area contributed by atoms with Gasteiger partial charge in [-0.3, -0.25) is 0 Å². The zero-order chi connectivity index (χ0) is 10.8. The summed E-state index contributed by atoms with van der Waals surface area (Å²) in [4.78, 5) is 2.14. The fraction of sp³-hybridized carbons (Fsp3) is 0.333. The summed E-state index contributed by atoms with van der Waals surface area (Å²) in [6.07, 6.45) is 4.90. The van der Waals surface area contributed by atoms with E-state index < -0.39 is 0 Å². The van der Waals surface area contributed by atoms with Crippen molar-refractivity contribution < 1.29 is 5.11 Å². The predicted octanol–water partition coefficient (Wildman–Crippen LogP) is 1.75. The molecule has 0 aliphatic carbocycles. The molecule has 0 saturated heterocycles. The number of nitrogens with zero attached hydrogens (tertiary/aromatic N) is 2. The van der Waals surface area contributed by atoms with Gasteiger partial charge in [-0.25, -0.2) is 0 Å². The van der Waals surface area contributed by atoms with Gasteiger partial charge in [0.05, 0.1) is 5.52 Å². The number of pyridine rings is 1. The molecule has 0 aliphatic heterocycles. The van der Waals surface area contributed by atoms with Gasteiger partial charge in [-0.2, -0.15) is 0 Å². The summed E-state index contributed by atoms with van der Waals surface area (Å²) in [5.74, 6) is 0.358. The van der Waals surface area contributed by atoms with Crippen molar-refractivity contribution in [1.29, 1.82) is 0 Å². The lowest BCUT2D eigenvalue weighted by Crippen LogP contribution is -2.14. The standard InChI is InChI=1S/C12H16N2O/c1-13(2)8-5-10-6-9-14-7-3-4-11(15)12(10)14/h3-4,6-7,9,15H,5,8H2,1-2H3. The van der Waals surface area contributed by atoms with Crippen LogP contribution in [0.15, 0.2) is 30.6 Å². The SMILES string of the molecule is CN(C)CCc1ccn2cccc(O)c12. The van der Waals surface area contributed by atoms with E-state index in [2.05, 4.69) is 25.1 Å². The maximum atomic E-state index is 9.77. The third-order valence-corrected chi connectivity index (χ3v) is 2.57. The number of fused-ring (bicyclic) bond motifs is 1. The topological polar surface area (TPSA) is 27.9 Å². The molecule has 0 radical (unpaired) electrons. The molecule has 0 aromatic carbocycles. The minimum absolute atomic E-state index is 0.358. The highest BCUT2D eigenvalue weighted by atomic mass is 16.3. The van der Waals surface area contributed by atoms with E-state index in [0.717, 1.165) is 18.5 Å². The highest BCUT2D eigenvalue weighted by molar-refractivity contribution is 5.65. The smallest absolute Gasteiger partial charge is 0.139 e. The summed E-state index contributed by atoms with van der Waals surface area (Å²) >= 11 is 0. The first kappa shape index (κ1) is 10.1. The van der Waals surface area contributed by atoms with E-state index >= 15 is 0 Å². The summed E-state index contributed by atoms with van der Waals surface area (Å²) in [5, 5.41) is 9.77. The van der Waals surface area contributed by atoms with Gasteiger partial charge in [0.25, 0.3) is 0 Å². The largest absolute Gasteiger partial charge is 0.506 e. The maximum Gasteiger partial charge on any atom is 0.139 e. The lowest BCUT2D eigenvalue weighted by Gasteiger charge is -2.08. The molecule has 0 fully saturated rings. The van der Waals surface area contributed by atoms with E-state index in [1.807, 2.05) is 22.9 Å². The third kappa shape index (κ3) is 1.97. The number of aromatic nitrogens is 1. The average molecular weight is 204 g/mol. The monoisotopic (exact) mass is 204 g/mol. The average Bonchev–Trinajstić information content (AvgIpc) is 2.59. The van der Waals surface area contributed by atoms with Crippen LogP contribution in [0.1, 0.15) is 5.56 Å². The van der Waals surface area contributed by atoms with E-state index in [4.69, 9.17) is 0 Å². The fourth-order valence-corrected chi connectivity index (χ4v) is 1.76. The van der Waals surface area contributed by atoms with Crippen molar-refractivity contribution in [3.05, 3.63) is 36.2 Å². The summed E-state index contributed by atoms with van der Waals surface area (Å²) in [5.41, 5.74) is 2.13. The van der Waals surface area contributed by atoms with E-state index in [0.29, 0.717) is 5.75 Å². The summed E-state index contributed by atoms with van der Waals surface area (Å²) in [6.45, 7) is 0.994. The first-order valence-electron chi connectivity index (χ1n) is 5.11. The molecule has 0 unspecified atom stereocenters. The minimum Gasteiger partial charge on any atom is -0.506 e. The van der Waals surface area contributed by atoms with Crippen LogP contribution in [0.3, 0.4) is 0 Å². The molecule has 80 valence electrons. The highest BCUT2D eigenvalue weighted by Crippen LogP contribution is 2.23. The predicted molar refractivity (Wildman–Crippen MR) is 61.3 cm³/mol. The van der Waals surface area contributed by atoms with Crippen LogP contribution in [0.4, 0.5) is 0 Å². The molecule has 3 heteroatoms. The van der Waals surface area contributed by atoms with Crippen LogP contribution in [-0.2, 0) is 6.42 Å². The van der Waals surface area contributed by atoms with Crippen LogP contribution >= 0.6 is 0 Å². The number of likely N-dealkylation sites (N-methyl/N-ethyl adjacent to an activating group) is 1. The number of rotatable bonds is 3. The van der Waals surface area contributed by atoms with Crippen molar-refractivity contribution in [2.45, 2.75) is 6.42 Å². The van der Waals surface area contributed by atoms with Gasteiger partial charge in [-0.15, -0.1) is 0 Å². The van der Waals surface area contributed by atoms with Crippen LogP contribution < -0.4 is 0 Å². The molecule has 2 rings (SSSR count). The number of aromatic hydroxyl groups is 1. The first-order chi connectivity index (χ1) is 7.18. The second kappa shape index (κ2) is 3.95. The van der Waals surface area contributed by atoms with Gasteiger partial charge in [-0.1, -0.05) is 0 Å². The second-order valence-electron chi connectivity index (χ2n) is 4.04.